The van der Waals surface area contributed by atoms with E-state index in [1.807, 2.05) is 6.07 Å². The molecule has 0 aliphatic heterocycles. The molecular formula is C15H13ClO4. The second kappa shape index (κ2) is 6.39. The third-order valence-corrected chi connectivity index (χ3v) is 3.10. The molecule has 2 rings (SSSR count). The summed E-state index contributed by atoms with van der Waals surface area (Å²) in [5, 5.41) is -0.850. The molecule has 0 aliphatic carbocycles. The van der Waals surface area contributed by atoms with Crippen LogP contribution in [0.3, 0.4) is 0 Å². The van der Waals surface area contributed by atoms with E-state index in [0.29, 0.717) is 5.56 Å². The maximum Gasteiger partial charge on any atom is 0.374 e. The molecule has 0 radical (unpaired) electrons. The van der Waals surface area contributed by atoms with E-state index < -0.39 is 17.1 Å². The van der Waals surface area contributed by atoms with Crippen LogP contribution >= 0.6 is 11.6 Å². The number of Topliss-reactive ketones (excluding diaryl/α,β-unsaturated/α-hetero) is 1. The molecule has 4 nitrogen and oxygen atoms in total. The number of benzene rings is 1. The van der Waals surface area contributed by atoms with Crippen LogP contribution in [0.15, 0.2) is 46.9 Å². The minimum absolute atomic E-state index is 0.00729. The molecule has 5 heteroatoms. The first-order valence-electron chi connectivity index (χ1n) is 6.13. The molecule has 20 heavy (non-hydrogen) atoms. The van der Waals surface area contributed by atoms with Crippen LogP contribution in [0.2, 0.25) is 0 Å². The highest BCUT2D eigenvalue weighted by Crippen LogP contribution is 2.25. The van der Waals surface area contributed by atoms with Crippen molar-refractivity contribution in [3.63, 3.8) is 0 Å². The van der Waals surface area contributed by atoms with Crippen molar-refractivity contribution in [1.29, 1.82) is 0 Å². The van der Waals surface area contributed by atoms with E-state index in [4.69, 9.17) is 20.8 Å². The van der Waals surface area contributed by atoms with E-state index in [1.54, 1.807) is 31.2 Å². The van der Waals surface area contributed by atoms with Gasteiger partial charge >= 0.3 is 5.97 Å². The van der Waals surface area contributed by atoms with Gasteiger partial charge in [0.15, 0.2) is 5.76 Å². The molecule has 0 amide bonds. The predicted octanol–water partition coefficient (Wildman–Crippen LogP) is 3.62. The van der Waals surface area contributed by atoms with Gasteiger partial charge < -0.3 is 9.15 Å². The molecule has 0 saturated carbocycles. The highest BCUT2D eigenvalue weighted by atomic mass is 35.5. The minimum atomic E-state index is -0.850. The SMILES string of the molecule is CCOC(=O)c1ccc(C(=O)C(Cl)c2ccccc2)o1. The summed E-state index contributed by atoms with van der Waals surface area (Å²) < 4.78 is 9.98. The Morgan fingerprint density at radius 3 is 2.45 bits per heavy atom. The fourth-order valence-electron chi connectivity index (χ4n) is 1.68. The first-order valence-corrected chi connectivity index (χ1v) is 6.57. The highest BCUT2D eigenvalue weighted by molar-refractivity contribution is 6.33. The van der Waals surface area contributed by atoms with Crippen LogP contribution in [0.5, 0.6) is 0 Å². The Bertz CT molecular complexity index is 603. The number of carbonyl (C=O) groups excluding carboxylic acids is 2. The summed E-state index contributed by atoms with van der Waals surface area (Å²) in [6.07, 6.45) is 0. The number of hydrogen-bond donors (Lipinski definition) is 0. The van der Waals surface area contributed by atoms with Gasteiger partial charge in [0.1, 0.15) is 5.38 Å². The van der Waals surface area contributed by atoms with Crippen LogP contribution in [-0.4, -0.2) is 18.4 Å². The van der Waals surface area contributed by atoms with Gasteiger partial charge in [0.2, 0.25) is 11.5 Å². The topological polar surface area (TPSA) is 56.5 Å². The lowest BCUT2D eigenvalue weighted by atomic mass is 10.1. The van der Waals surface area contributed by atoms with Gasteiger partial charge in [-0.2, -0.15) is 0 Å². The number of esters is 1. The molecule has 1 aromatic heterocycles. The second-order valence-electron chi connectivity index (χ2n) is 4.02. The Balaban J connectivity index is 2.16. The Labute approximate surface area is 121 Å². The van der Waals surface area contributed by atoms with Gasteiger partial charge in [0, 0.05) is 0 Å². The van der Waals surface area contributed by atoms with Crippen molar-refractivity contribution >= 4 is 23.4 Å². The van der Waals surface area contributed by atoms with E-state index in [1.165, 1.54) is 12.1 Å². The van der Waals surface area contributed by atoms with Gasteiger partial charge in [0.25, 0.3) is 0 Å². The van der Waals surface area contributed by atoms with Crippen molar-refractivity contribution in [3.05, 3.63) is 59.5 Å². The van der Waals surface area contributed by atoms with Crippen LogP contribution in [0.4, 0.5) is 0 Å². The van der Waals surface area contributed by atoms with Gasteiger partial charge in [-0.3, -0.25) is 4.79 Å². The molecule has 1 atom stereocenters. The number of hydrogen-bond acceptors (Lipinski definition) is 4. The van der Waals surface area contributed by atoms with E-state index in [0.717, 1.165) is 0 Å². The minimum Gasteiger partial charge on any atom is -0.460 e. The molecule has 0 spiro atoms. The average molecular weight is 293 g/mol. The first-order chi connectivity index (χ1) is 9.63. The summed E-state index contributed by atoms with van der Waals surface area (Å²) in [4.78, 5) is 23.6. The zero-order valence-electron chi connectivity index (χ0n) is 10.8. The van der Waals surface area contributed by atoms with Gasteiger partial charge in [-0.25, -0.2) is 4.79 Å². The number of rotatable bonds is 5. The van der Waals surface area contributed by atoms with E-state index >= 15 is 0 Å². The Kier molecular flexibility index (Phi) is 4.58. The molecule has 0 bridgehead atoms. The molecule has 1 heterocycles. The maximum absolute atomic E-state index is 12.2. The third kappa shape index (κ3) is 3.08. The van der Waals surface area contributed by atoms with Crippen LogP contribution in [0, 0.1) is 0 Å². The normalized spacial score (nSPS) is 11.9. The molecule has 0 saturated heterocycles. The molecule has 0 N–H and O–H groups in total. The number of alkyl halides is 1. The maximum atomic E-state index is 12.2. The number of ketones is 1. The molecule has 1 unspecified atom stereocenters. The summed E-state index contributed by atoms with van der Waals surface area (Å²) in [5.41, 5.74) is 0.674. The molecule has 1 aromatic carbocycles. The fraction of sp³-hybridized carbons (Fsp3) is 0.200. The van der Waals surface area contributed by atoms with Crippen molar-refractivity contribution in [3.8, 4) is 0 Å². The third-order valence-electron chi connectivity index (χ3n) is 2.65. The van der Waals surface area contributed by atoms with Crippen molar-refractivity contribution < 1.29 is 18.7 Å². The number of carbonyl (C=O) groups is 2. The monoisotopic (exact) mass is 292 g/mol. The van der Waals surface area contributed by atoms with Crippen molar-refractivity contribution in [2.24, 2.45) is 0 Å². The predicted molar refractivity (Wildman–Crippen MR) is 74.0 cm³/mol. The summed E-state index contributed by atoms with van der Waals surface area (Å²) >= 11 is 6.12. The number of halogens is 1. The van der Waals surface area contributed by atoms with Crippen LogP contribution in [-0.2, 0) is 4.74 Å². The quantitative estimate of drug-likeness (QED) is 0.480. The zero-order chi connectivity index (χ0) is 14.5. The summed E-state index contributed by atoms with van der Waals surface area (Å²) in [5.74, 6) is -0.963. The van der Waals surface area contributed by atoms with Gasteiger partial charge in [0.05, 0.1) is 6.61 Å². The molecule has 104 valence electrons. The molecule has 0 aliphatic rings. The van der Waals surface area contributed by atoms with Crippen LogP contribution in [0.25, 0.3) is 0 Å². The standard InChI is InChI=1S/C15H13ClO4/c1-2-19-15(18)12-9-8-11(20-12)14(17)13(16)10-6-4-3-5-7-10/h3-9,13H,2H2,1H3. The number of ether oxygens (including phenoxy) is 1. The molecule has 2 aromatic rings. The van der Waals surface area contributed by atoms with Crippen molar-refractivity contribution in [2.75, 3.05) is 6.61 Å². The summed E-state index contributed by atoms with van der Waals surface area (Å²) in [6, 6.07) is 11.8. The van der Waals surface area contributed by atoms with Crippen molar-refractivity contribution in [2.45, 2.75) is 12.3 Å². The Morgan fingerprint density at radius 1 is 1.15 bits per heavy atom. The lowest BCUT2D eigenvalue weighted by molar-refractivity contribution is 0.0488. The smallest absolute Gasteiger partial charge is 0.374 e. The van der Waals surface area contributed by atoms with E-state index in [2.05, 4.69) is 0 Å². The van der Waals surface area contributed by atoms with E-state index in [9.17, 15) is 9.59 Å². The summed E-state index contributed by atoms with van der Waals surface area (Å²) in [7, 11) is 0. The fourth-order valence-corrected chi connectivity index (χ4v) is 1.93. The Hall–Kier alpha value is -2.07. The highest BCUT2D eigenvalue weighted by Gasteiger charge is 2.23. The van der Waals surface area contributed by atoms with Crippen LogP contribution < -0.4 is 0 Å². The van der Waals surface area contributed by atoms with E-state index in [-0.39, 0.29) is 18.1 Å². The largest absolute Gasteiger partial charge is 0.460 e. The molecule has 0 fully saturated rings. The Morgan fingerprint density at radius 2 is 1.80 bits per heavy atom. The lowest BCUT2D eigenvalue weighted by Gasteiger charge is -2.06. The summed E-state index contributed by atoms with van der Waals surface area (Å²) in [6.45, 7) is 1.93. The lowest BCUT2D eigenvalue weighted by Crippen LogP contribution is -2.07. The van der Waals surface area contributed by atoms with Crippen molar-refractivity contribution in [1.82, 2.24) is 0 Å². The van der Waals surface area contributed by atoms with Gasteiger partial charge in [-0.05, 0) is 24.6 Å². The average Bonchev–Trinajstić information content (AvgIpc) is 2.97. The second-order valence-corrected chi connectivity index (χ2v) is 4.46. The first kappa shape index (κ1) is 14.3. The molecular weight excluding hydrogens is 280 g/mol. The van der Waals surface area contributed by atoms with Crippen LogP contribution in [0.1, 0.15) is 39.0 Å². The van der Waals surface area contributed by atoms with Gasteiger partial charge in [-0.15, -0.1) is 11.6 Å². The zero-order valence-corrected chi connectivity index (χ0v) is 11.6. The van der Waals surface area contributed by atoms with Gasteiger partial charge in [-0.1, -0.05) is 30.3 Å². The number of furan rings is 1.